The quantitative estimate of drug-likeness (QED) is 0.501. The summed E-state index contributed by atoms with van der Waals surface area (Å²) >= 11 is 1.50. The summed E-state index contributed by atoms with van der Waals surface area (Å²) in [6.45, 7) is 3.54. The van der Waals surface area contributed by atoms with Crippen LogP contribution in [-0.4, -0.2) is 28.0 Å². The number of rotatable bonds is 8. The van der Waals surface area contributed by atoms with Crippen molar-refractivity contribution in [1.29, 1.82) is 0 Å². The summed E-state index contributed by atoms with van der Waals surface area (Å²) in [6.07, 6.45) is 1.79. The summed E-state index contributed by atoms with van der Waals surface area (Å²) < 4.78 is 0. The summed E-state index contributed by atoms with van der Waals surface area (Å²) in [5.41, 5.74) is 4.19. The minimum atomic E-state index is -0.943. The molecule has 7 heteroatoms. The highest BCUT2D eigenvalue weighted by molar-refractivity contribution is 7.14. The Hall–Kier alpha value is -3.19. The third-order valence-corrected chi connectivity index (χ3v) is 5.21. The maximum atomic E-state index is 11.1. The van der Waals surface area contributed by atoms with Crippen molar-refractivity contribution in [2.24, 2.45) is 0 Å². The first-order valence-electron chi connectivity index (χ1n) is 9.33. The number of carboxylic acid groups (broad SMARTS) is 1. The highest BCUT2D eigenvalue weighted by Crippen LogP contribution is 2.27. The van der Waals surface area contributed by atoms with Gasteiger partial charge in [-0.2, -0.15) is 0 Å². The van der Waals surface area contributed by atoms with Gasteiger partial charge in [-0.3, -0.25) is 4.79 Å². The molecule has 0 aliphatic heterocycles. The second-order valence-electron chi connectivity index (χ2n) is 6.88. The van der Waals surface area contributed by atoms with Crippen molar-refractivity contribution in [2.75, 3.05) is 5.32 Å². The Bertz CT molecular complexity index is 981. The smallest absolute Gasteiger partial charge is 0.335 e. The maximum absolute atomic E-state index is 11.1. The molecule has 0 saturated carbocycles. The van der Waals surface area contributed by atoms with Crippen molar-refractivity contribution < 1.29 is 14.7 Å². The van der Waals surface area contributed by atoms with Gasteiger partial charge >= 0.3 is 5.97 Å². The molecule has 1 amide bonds. The van der Waals surface area contributed by atoms with Crippen LogP contribution in [0.4, 0.5) is 10.8 Å². The number of hydrogen-bond donors (Lipinski definition) is 3. The Morgan fingerprint density at radius 2 is 1.79 bits per heavy atom. The maximum Gasteiger partial charge on any atom is 0.335 e. The first kappa shape index (κ1) is 20.5. The second-order valence-corrected chi connectivity index (χ2v) is 7.74. The molecule has 150 valence electrons. The van der Waals surface area contributed by atoms with Gasteiger partial charge in [-0.05, 0) is 49.6 Å². The van der Waals surface area contributed by atoms with Crippen LogP contribution in [0.2, 0.25) is 0 Å². The van der Waals surface area contributed by atoms with Gasteiger partial charge in [0.2, 0.25) is 5.91 Å². The number of aromatic nitrogens is 1. The van der Waals surface area contributed by atoms with Crippen molar-refractivity contribution in [2.45, 2.75) is 32.7 Å². The van der Waals surface area contributed by atoms with E-state index in [2.05, 4.69) is 39.9 Å². The van der Waals surface area contributed by atoms with Gasteiger partial charge in [0.05, 0.1) is 11.3 Å². The molecule has 3 aromatic rings. The minimum Gasteiger partial charge on any atom is -0.478 e. The van der Waals surface area contributed by atoms with Crippen LogP contribution in [0, 0.1) is 0 Å². The van der Waals surface area contributed by atoms with Gasteiger partial charge in [0.25, 0.3) is 0 Å². The van der Waals surface area contributed by atoms with Crippen LogP contribution in [0.25, 0.3) is 11.3 Å². The topological polar surface area (TPSA) is 91.3 Å². The summed E-state index contributed by atoms with van der Waals surface area (Å²) in [5.74, 6) is -0.945. The van der Waals surface area contributed by atoms with Gasteiger partial charge in [-0.1, -0.05) is 24.3 Å². The highest BCUT2D eigenvalue weighted by Gasteiger charge is 2.08. The van der Waals surface area contributed by atoms with Crippen molar-refractivity contribution >= 4 is 34.0 Å². The van der Waals surface area contributed by atoms with Crippen LogP contribution in [0.15, 0.2) is 53.9 Å². The fourth-order valence-corrected chi connectivity index (χ4v) is 3.67. The number of benzene rings is 2. The average molecular weight is 410 g/mol. The van der Waals surface area contributed by atoms with Gasteiger partial charge in [0.1, 0.15) is 0 Å². The SMILES string of the molecule is CC(=O)N[C@@H](C)CCc1ccc(-c2csc(Nc3ccc(C(=O)O)cc3)n2)cc1. The zero-order valence-electron chi connectivity index (χ0n) is 16.3. The third-order valence-electron chi connectivity index (χ3n) is 4.45. The number of nitrogens with one attached hydrogen (secondary N) is 2. The monoisotopic (exact) mass is 409 g/mol. The number of anilines is 2. The van der Waals surface area contributed by atoms with Crippen molar-refractivity contribution in [1.82, 2.24) is 10.3 Å². The predicted molar refractivity (Wildman–Crippen MR) is 116 cm³/mol. The molecule has 2 aromatic carbocycles. The second kappa shape index (κ2) is 9.34. The van der Waals surface area contributed by atoms with E-state index in [1.165, 1.54) is 23.8 Å². The number of hydrogen-bond acceptors (Lipinski definition) is 5. The summed E-state index contributed by atoms with van der Waals surface area (Å²) in [4.78, 5) is 26.6. The van der Waals surface area contributed by atoms with Crippen LogP contribution in [0.3, 0.4) is 0 Å². The van der Waals surface area contributed by atoms with E-state index in [-0.39, 0.29) is 17.5 Å². The Balaban J connectivity index is 1.59. The summed E-state index contributed by atoms with van der Waals surface area (Å²) in [5, 5.41) is 17.8. The molecule has 6 nitrogen and oxygen atoms in total. The molecule has 0 spiro atoms. The fourth-order valence-electron chi connectivity index (χ4n) is 2.93. The van der Waals surface area contributed by atoms with E-state index in [0.717, 1.165) is 34.9 Å². The number of thiazole rings is 1. The van der Waals surface area contributed by atoms with E-state index in [1.807, 2.05) is 12.3 Å². The normalized spacial score (nSPS) is 11.7. The lowest BCUT2D eigenvalue weighted by Crippen LogP contribution is -2.30. The van der Waals surface area contributed by atoms with E-state index in [4.69, 9.17) is 5.11 Å². The number of carboxylic acids is 1. The number of carbonyl (C=O) groups excluding carboxylic acids is 1. The molecule has 3 rings (SSSR count). The molecule has 1 aromatic heterocycles. The molecule has 1 atom stereocenters. The number of aryl methyl sites for hydroxylation is 1. The molecule has 0 unspecified atom stereocenters. The lowest BCUT2D eigenvalue weighted by Gasteiger charge is -2.12. The molecular formula is C22H23N3O3S. The fraction of sp³-hybridized carbons (Fsp3) is 0.227. The van der Waals surface area contributed by atoms with Gasteiger partial charge in [-0.15, -0.1) is 11.3 Å². The molecule has 3 N–H and O–H groups in total. The number of nitrogens with zero attached hydrogens (tertiary/aromatic N) is 1. The van der Waals surface area contributed by atoms with Crippen molar-refractivity contribution in [3.05, 3.63) is 65.0 Å². The molecule has 0 radical (unpaired) electrons. The predicted octanol–water partition coefficient (Wildman–Crippen LogP) is 4.71. The molecule has 0 aliphatic carbocycles. The van der Waals surface area contributed by atoms with E-state index in [1.54, 1.807) is 24.3 Å². The average Bonchev–Trinajstić information content (AvgIpc) is 3.15. The van der Waals surface area contributed by atoms with Gasteiger partial charge in [-0.25, -0.2) is 9.78 Å². The van der Waals surface area contributed by atoms with Crippen LogP contribution in [0.5, 0.6) is 0 Å². The molecular weight excluding hydrogens is 386 g/mol. The van der Waals surface area contributed by atoms with Gasteiger partial charge in [0.15, 0.2) is 5.13 Å². The Kier molecular flexibility index (Phi) is 6.61. The van der Waals surface area contributed by atoms with E-state index in [0.29, 0.717) is 0 Å². The van der Waals surface area contributed by atoms with E-state index >= 15 is 0 Å². The zero-order valence-corrected chi connectivity index (χ0v) is 17.1. The lowest BCUT2D eigenvalue weighted by molar-refractivity contribution is -0.119. The van der Waals surface area contributed by atoms with Crippen molar-refractivity contribution in [3.8, 4) is 11.3 Å². The molecule has 0 aliphatic rings. The minimum absolute atomic E-state index is 0.00128. The van der Waals surface area contributed by atoms with E-state index in [9.17, 15) is 9.59 Å². The van der Waals surface area contributed by atoms with Crippen LogP contribution >= 0.6 is 11.3 Å². The summed E-state index contributed by atoms with van der Waals surface area (Å²) in [7, 11) is 0. The molecule has 0 saturated heterocycles. The van der Waals surface area contributed by atoms with Crippen LogP contribution in [-0.2, 0) is 11.2 Å². The first-order valence-corrected chi connectivity index (χ1v) is 10.2. The number of aromatic carboxylic acids is 1. The zero-order chi connectivity index (χ0) is 20.8. The largest absolute Gasteiger partial charge is 0.478 e. The Morgan fingerprint density at radius 1 is 1.10 bits per heavy atom. The third kappa shape index (κ3) is 5.89. The van der Waals surface area contributed by atoms with Crippen LogP contribution < -0.4 is 10.6 Å². The van der Waals surface area contributed by atoms with Crippen molar-refractivity contribution in [3.63, 3.8) is 0 Å². The Labute approximate surface area is 173 Å². The summed E-state index contributed by atoms with van der Waals surface area (Å²) in [6, 6.07) is 15.0. The van der Waals surface area contributed by atoms with Gasteiger partial charge in [0, 0.05) is 29.6 Å². The Morgan fingerprint density at radius 3 is 2.41 bits per heavy atom. The highest BCUT2D eigenvalue weighted by atomic mass is 32.1. The number of carbonyl (C=O) groups is 2. The molecule has 0 bridgehead atoms. The lowest BCUT2D eigenvalue weighted by atomic mass is 10.0. The van der Waals surface area contributed by atoms with E-state index < -0.39 is 5.97 Å². The first-order chi connectivity index (χ1) is 13.9. The molecule has 29 heavy (non-hydrogen) atoms. The van der Waals surface area contributed by atoms with Gasteiger partial charge < -0.3 is 15.7 Å². The van der Waals surface area contributed by atoms with Crippen LogP contribution in [0.1, 0.15) is 36.2 Å². The molecule has 0 fully saturated rings. The standard InChI is InChI=1S/C22H23N3O3S/c1-14(23-15(2)26)3-4-16-5-7-17(8-6-16)20-13-29-22(25-20)24-19-11-9-18(10-12-19)21(27)28/h5-14H,3-4H2,1-2H3,(H,23,26)(H,24,25)(H,27,28)/t14-/m0/s1. The molecule has 1 heterocycles. The number of amides is 1.